The van der Waals surface area contributed by atoms with Crippen LogP contribution in [0.3, 0.4) is 0 Å². The maximum atomic E-state index is 12.0. The number of benzene rings is 1. The summed E-state index contributed by atoms with van der Waals surface area (Å²) in [5, 5.41) is 23.6. The molecule has 1 aromatic heterocycles. The van der Waals surface area contributed by atoms with E-state index in [1.807, 2.05) is 26.8 Å². The molecule has 1 atom stereocenters. The molecule has 1 heterocycles. The van der Waals surface area contributed by atoms with Crippen molar-refractivity contribution < 1.29 is 9.13 Å². The SMILES string of the molecule is CC(C)(C)[S@](=O)CCNc1cc(C#N)c2cc([N+](=O)[O-])ccc2n1. The summed E-state index contributed by atoms with van der Waals surface area (Å²) in [5.41, 5.74) is 0.726. The smallest absolute Gasteiger partial charge is 0.270 e. The fourth-order valence-corrected chi connectivity index (χ4v) is 2.99. The molecule has 1 aromatic carbocycles. The minimum atomic E-state index is -0.984. The van der Waals surface area contributed by atoms with Crippen LogP contribution in [-0.4, -0.2) is 31.2 Å². The molecule has 0 aliphatic carbocycles. The molecule has 2 rings (SSSR count). The van der Waals surface area contributed by atoms with Gasteiger partial charge >= 0.3 is 0 Å². The van der Waals surface area contributed by atoms with Gasteiger partial charge in [-0.25, -0.2) is 4.98 Å². The number of non-ortho nitro benzene ring substituents is 1. The van der Waals surface area contributed by atoms with Crippen LogP contribution in [0.2, 0.25) is 0 Å². The third kappa shape index (κ3) is 4.06. The van der Waals surface area contributed by atoms with E-state index in [4.69, 9.17) is 0 Å². The van der Waals surface area contributed by atoms with E-state index in [-0.39, 0.29) is 10.4 Å². The van der Waals surface area contributed by atoms with Crippen LogP contribution in [0.25, 0.3) is 10.9 Å². The van der Waals surface area contributed by atoms with Crippen molar-refractivity contribution in [2.45, 2.75) is 25.5 Å². The number of aromatic nitrogens is 1. The molecule has 0 aliphatic heterocycles. The van der Waals surface area contributed by atoms with Crippen LogP contribution in [0, 0.1) is 21.4 Å². The largest absolute Gasteiger partial charge is 0.369 e. The summed E-state index contributed by atoms with van der Waals surface area (Å²) in [7, 11) is -0.984. The summed E-state index contributed by atoms with van der Waals surface area (Å²) in [4.78, 5) is 14.7. The second kappa shape index (κ2) is 6.93. The molecular formula is C16H18N4O3S. The number of anilines is 1. The number of hydrogen-bond acceptors (Lipinski definition) is 6. The molecule has 0 radical (unpaired) electrons. The van der Waals surface area contributed by atoms with Crippen molar-refractivity contribution in [3.8, 4) is 6.07 Å². The standard InChI is InChI=1S/C16H18N4O3S/c1-16(2,3)24(23)7-6-18-15-8-11(10-17)13-9-12(20(21)22)4-5-14(13)19-15/h4-5,8-9H,6-7H2,1-3H3,(H,18,19)/t24-/m1/s1. The first-order valence-corrected chi connectivity index (χ1v) is 8.66. The molecule has 0 bridgehead atoms. The Hall–Kier alpha value is -2.53. The molecule has 0 unspecified atom stereocenters. The van der Waals surface area contributed by atoms with E-state index in [0.717, 1.165) is 0 Å². The number of pyridine rings is 1. The molecule has 0 spiro atoms. The van der Waals surface area contributed by atoms with Gasteiger partial charge in [-0.1, -0.05) is 0 Å². The van der Waals surface area contributed by atoms with Gasteiger partial charge in [-0.05, 0) is 32.9 Å². The van der Waals surface area contributed by atoms with Crippen molar-refractivity contribution in [3.05, 3.63) is 39.9 Å². The van der Waals surface area contributed by atoms with Gasteiger partial charge in [0.05, 0.1) is 22.1 Å². The Morgan fingerprint density at radius 3 is 2.67 bits per heavy atom. The molecular weight excluding hydrogens is 328 g/mol. The predicted molar refractivity (Wildman–Crippen MR) is 94.4 cm³/mol. The maximum absolute atomic E-state index is 12.0. The average Bonchev–Trinajstić information content (AvgIpc) is 2.52. The van der Waals surface area contributed by atoms with Crippen LogP contribution in [0.4, 0.5) is 11.5 Å². The summed E-state index contributed by atoms with van der Waals surface area (Å²) in [6.45, 7) is 6.20. The fourth-order valence-electron chi connectivity index (χ4n) is 2.09. The Kier molecular flexibility index (Phi) is 5.14. The van der Waals surface area contributed by atoms with Gasteiger partial charge in [-0.15, -0.1) is 0 Å². The Labute approximate surface area is 142 Å². The molecule has 0 saturated carbocycles. The summed E-state index contributed by atoms with van der Waals surface area (Å²) in [6.07, 6.45) is 0. The number of hydrogen-bond donors (Lipinski definition) is 1. The van der Waals surface area contributed by atoms with Crippen molar-refractivity contribution in [2.24, 2.45) is 0 Å². The number of nitro benzene ring substituents is 1. The van der Waals surface area contributed by atoms with E-state index >= 15 is 0 Å². The lowest BCUT2D eigenvalue weighted by molar-refractivity contribution is -0.384. The minimum Gasteiger partial charge on any atom is -0.369 e. The molecule has 0 saturated heterocycles. The predicted octanol–water partition coefficient (Wildman–Crippen LogP) is 2.97. The molecule has 24 heavy (non-hydrogen) atoms. The van der Waals surface area contributed by atoms with Crippen molar-refractivity contribution in [1.29, 1.82) is 5.26 Å². The normalized spacial score (nSPS) is 12.6. The third-order valence-corrected chi connectivity index (χ3v) is 5.34. The fraction of sp³-hybridized carbons (Fsp3) is 0.375. The van der Waals surface area contributed by atoms with Crippen LogP contribution < -0.4 is 5.32 Å². The molecule has 8 heteroatoms. The van der Waals surface area contributed by atoms with Crippen molar-refractivity contribution in [1.82, 2.24) is 4.98 Å². The van der Waals surface area contributed by atoms with Crippen LogP contribution in [0.1, 0.15) is 26.3 Å². The summed E-state index contributed by atoms with van der Waals surface area (Å²) in [5.74, 6) is 0.949. The minimum absolute atomic E-state index is 0.0814. The highest BCUT2D eigenvalue weighted by molar-refractivity contribution is 7.86. The lowest BCUT2D eigenvalue weighted by Crippen LogP contribution is -2.27. The van der Waals surface area contributed by atoms with Gasteiger partial charge in [0.25, 0.3) is 5.69 Å². The van der Waals surface area contributed by atoms with E-state index in [2.05, 4.69) is 10.3 Å². The molecule has 1 N–H and O–H groups in total. The number of nitro groups is 1. The second-order valence-electron chi connectivity index (χ2n) is 6.21. The van der Waals surface area contributed by atoms with Crippen LogP contribution >= 0.6 is 0 Å². The van der Waals surface area contributed by atoms with Crippen LogP contribution in [0.5, 0.6) is 0 Å². The Morgan fingerprint density at radius 2 is 2.08 bits per heavy atom. The van der Waals surface area contributed by atoms with Crippen LogP contribution in [0.15, 0.2) is 24.3 Å². The first-order chi connectivity index (χ1) is 11.2. The highest BCUT2D eigenvalue weighted by Crippen LogP contribution is 2.24. The third-order valence-electron chi connectivity index (χ3n) is 3.40. The van der Waals surface area contributed by atoms with Gasteiger partial charge in [-0.3, -0.25) is 14.3 Å². The van der Waals surface area contributed by atoms with E-state index in [0.29, 0.717) is 34.6 Å². The summed E-state index contributed by atoms with van der Waals surface area (Å²) in [6, 6.07) is 7.81. The number of nitrogens with one attached hydrogen (secondary N) is 1. The number of rotatable bonds is 5. The molecule has 0 aliphatic rings. The highest BCUT2D eigenvalue weighted by atomic mass is 32.2. The number of fused-ring (bicyclic) bond motifs is 1. The molecule has 0 amide bonds. The lowest BCUT2D eigenvalue weighted by Gasteiger charge is -2.17. The van der Waals surface area contributed by atoms with Gasteiger partial charge in [-0.2, -0.15) is 5.26 Å². The van der Waals surface area contributed by atoms with Gasteiger partial charge in [0, 0.05) is 45.4 Å². The van der Waals surface area contributed by atoms with Gasteiger partial charge < -0.3 is 5.32 Å². The molecule has 0 fully saturated rings. The quantitative estimate of drug-likeness (QED) is 0.658. The molecule has 126 valence electrons. The topological polar surface area (TPSA) is 109 Å². The zero-order valence-electron chi connectivity index (χ0n) is 13.7. The summed E-state index contributed by atoms with van der Waals surface area (Å²) < 4.78 is 11.7. The van der Waals surface area contributed by atoms with Crippen LogP contribution in [-0.2, 0) is 10.8 Å². The van der Waals surface area contributed by atoms with E-state index in [9.17, 15) is 19.6 Å². The van der Waals surface area contributed by atoms with Crippen molar-refractivity contribution in [3.63, 3.8) is 0 Å². The molecule has 2 aromatic rings. The van der Waals surface area contributed by atoms with Gasteiger partial charge in [0.1, 0.15) is 5.82 Å². The van der Waals surface area contributed by atoms with E-state index in [1.165, 1.54) is 18.2 Å². The van der Waals surface area contributed by atoms with Gasteiger partial charge in [0.2, 0.25) is 0 Å². The highest BCUT2D eigenvalue weighted by Gasteiger charge is 2.18. The Morgan fingerprint density at radius 1 is 1.38 bits per heavy atom. The second-order valence-corrected chi connectivity index (χ2v) is 8.54. The summed E-state index contributed by atoms with van der Waals surface area (Å²) >= 11 is 0. The monoisotopic (exact) mass is 346 g/mol. The first-order valence-electron chi connectivity index (χ1n) is 7.34. The number of nitrogens with zero attached hydrogens (tertiary/aromatic N) is 3. The van der Waals surface area contributed by atoms with Gasteiger partial charge in [0.15, 0.2) is 0 Å². The molecule has 7 nitrogen and oxygen atoms in total. The Bertz CT molecular complexity index is 853. The zero-order valence-corrected chi connectivity index (χ0v) is 14.5. The Balaban J connectivity index is 2.24. The lowest BCUT2D eigenvalue weighted by atomic mass is 10.1. The van der Waals surface area contributed by atoms with Crippen molar-refractivity contribution in [2.75, 3.05) is 17.6 Å². The zero-order chi connectivity index (χ0) is 17.9. The maximum Gasteiger partial charge on any atom is 0.270 e. The van der Waals surface area contributed by atoms with E-state index in [1.54, 1.807) is 6.07 Å². The van der Waals surface area contributed by atoms with Crippen molar-refractivity contribution >= 4 is 33.2 Å². The first kappa shape index (κ1) is 17.8. The average molecular weight is 346 g/mol. The van der Waals surface area contributed by atoms with E-state index < -0.39 is 15.7 Å². The number of nitriles is 1.